The zero-order valence-corrected chi connectivity index (χ0v) is 45.6. The van der Waals surface area contributed by atoms with Gasteiger partial charge in [0.2, 0.25) is 16.3 Å². The van der Waals surface area contributed by atoms with Crippen LogP contribution in [0, 0.1) is 40.7 Å². The molecule has 6 heterocycles. The van der Waals surface area contributed by atoms with Gasteiger partial charge in [0.25, 0.3) is 0 Å². The van der Waals surface area contributed by atoms with Crippen molar-refractivity contribution in [2.24, 2.45) is 0 Å². The Balaban J connectivity index is 0.000000150. The second kappa shape index (κ2) is 23.4. The number of anilines is 4. The van der Waals surface area contributed by atoms with Crippen molar-refractivity contribution in [3.63, 3.8) is 0 Å². The first kappa shape index (κ1) is 59.1. The summed E-state index contributed by atoms with van der Waals surface area (Å²) < 4.78 is 107. The maximum absolute atomic E-state index is 15.6. The molecule has 2 unspecified atom stereocenters. The lowest BCUT2D eigenvalue weighted by atomic mass is 10.0. The zero-order valence-electron chi connectivity index (χ0n) is 45.6. The molecule has 3 aromatic heterocycles. The van der Waals surface area contributed by atoms with Gasteiger partial charge in [0.15, 0.2) is 17.5 Å². The van der Waals surface area contributed by atoms with Gasteiger partial charge >= 0.3 is 17.9 Å². The Labute approximate surface area is 467 Å². The van der Waals surface area contributed by atoms with E-state index in [1.807, 2.05) is 27.7 Å². The number of hydrogen-bond acceptors (Lipinski definition) is 13. The number of pyridine rings is 3. The Bertz CT molecular complexity index is 3970. The van der Waals surface area contributed by atoms with Gasteiger partial charge in [-0.2, -0.15) is 0 Å². The van der Waals surface area contributed by atoms with Crippen LogP contribution in [0.5, 0.6) is 0 Å². The van der Waals surface area contributed by atoms with Gasteiger partial charge in [0.05, 0.1) is 44.4 Å². The highest BCUT2D eigenvalue weighted by Gasteiger charge is 2.35. The number of halogens is 7. The lowest BCUT2D eigenvalue weighted by Gasteiger charge is -2.38. The van der Waals surface area contributed by atoms with E-state index in [2.05, 4.69) is 16.0 Å². The van der Waals surface area contributed by atoms with Crippen molar-refractivity contribution < 1.29 is 60.4 Å². The van der Waals surface area contributed by atoms with Crippen LogP contribution < -0.4 is 52.7 Å². The highest BCUT2D eigenvalue weighted by Crippen LogP contribution is 2.42. The molecule has 8 N–H and O–H groups in total. The van der Waals surface area contributed by atoms with E-state index in [-0.39, 0.29) is 86.8 Å². The van der Waals surface area contributed by atoms with Crippen molar-refractivity contribution in [1.82, 2.24) is 29.7 Å². The van der Waals surface area contributed by atoms with E-state index >= 15 is 13.2 Å². The van der Waals surface area contributed by atoms with E-state index < -0.39 is 103 Å². The lowest BCUT2D eigenvalue weighted by molar-refractivity contribution is 0.0684. The molecule has 440 valence electrons. The lowest BCUT2D eigenvalue weighted by Crippen LogP contribution is -2.54. The SMILES string of the molecule is CC1CN(c2cc3c(cc2F)c(=O)c(C(=O)O)cn3-c2ccc(F)cc2F)CCN1.CCn1cc(C(=O)O)c(=O)c2cc(F)c(N3CCNC(C)C3)c(F)c21.C[C@@H]1CN(c2c(F)c(N)c3c(=O)c(C(=O)O)cn(C4CC4)c3c2F)C[C@H](C)N1. The summed E-state index contributed by atoms with van der Waals surface area (Å²) in [5.74, 6) is -10.4. The zero-order chi connectivity index (χ0) is 60.2. The summed E-state index contributed by atoms with van der Waals surface area (Å²) in [4.78, 5) is 76.9. The number of benzene rings is 4. The van der Waals surface area contributed by atoms with Gasteiger partial charge in [-0.3, -0.25) is 14.4 Å². The van der Waals surface area contributed by atoms with Crippen LogP contribution in [0.4, 0.5) is 53.5 Å². The third-order valence-electron chi connectivity index (χ3n) is 15.1. The van der Waals surface area contributed by atoms with Gasteiger partial charge in [0.1, 0.15) is 51.3 Å². The van der Waals surface area contributed by atoms with Crippen LogP contribution in [0.15, 0.2) is 69.4 Å². The van der Waals surface area contributed by atoms with Gasteiger partial charge in [-0.05, 0) is 77.8 Å². The highest BCUT2D eigenvalue weighted by molar-refractivity contribution is 6.00. The normalized spacial score (nSPS) is 19.1. The van der Waals surface area contributed by atoms with Crippen LogP contribution in [-0.4, -0.2) is 123 Å². The topological polar surface area (TPSA) is 250 Å². The molecular weight excluding hydrogens is 1100 g/mol. The van der Waals surface area contributed by atoms with Crippen molar-refractivity contribution in [2.45, 2.75) is 84.2 Å². The molecule has 0 radical (unpaired) electrons. The molecule has 0 bridgehead atoms. The Hall–Kier alpha value is -8.49. The first-order chi connectivity index (χ1) is 39.3. The number of carboxylic acid groups (broad SMARTS) is 3. The number of nitrogens with two attached hydrogens (primary N) is 1. The number of carbonyl (C=O) groups is 3. The number of carboxylic acids is 3. The molecule has 1 saturated carbocycles. The quantitative estimate of drug-likeness (QED) is 0.0581. The minimum Gasteiger partial charge on any atom is -0.477 e. The molecule has 4 fully saturated rings. The predicted octanol–water partition coefficient (Wildman–Crippen LogP) is 6.78. The number of piperazine rings is 3. The Kier molecular flexibility index (Phi) is 16.7. The van der Waals surface area contributed by atoms with Gasteiger partial charge in [-0.15, -0.1) is 0 Å². The number of nitrogen functional groups attached to an aromatic ring is 1. The second-order valence-corrected chi connectivity index (χ2v) is 21.2. The maximum atomic E-state index is 15.6. The molecule has 4 atom stereocenters. The monoisotopic (exact) mass is 1160 g/mol. The summed E-state index contributed by atoms with van der Waals surface area (Å²) in [6.07, 6.45) is 4.69. The van der Waals surface area contributed by atoms with Gasteiger partial charge in [0, 0.05) is 119 Å². The number of aromatic nitrogens is 3. The molecule has 0 spiro atoms. The van der Waals surface area contributed by atoms with Crippen molar-refractivity contribution in [2.75, 3.05) is 72.8 Å². The summed E-state index contributed by atoms with van der Waals surface area (Å²) in [7, 11) is 0. The molecule has 3 aliphatic heterocycles. The maximum Gasteiger partial charge on any atom is 0.341 e. The van der Waals surface area contributed by atoms with E-state index in [1.54, 1.807) is 21.6 Å². The molecule has 83 heavy (non-hydrogen) atoms. The Morgan fingerprint density at radius 3 is 1.70 bits per heavy atom. The van der Waals surface area contributed by atoms with E-state index in [4.69, 9.17) is 10.8 Å². The Morgan fingerprint density at radius 2 is 1.12 bits per heavy atom. The van der Waals surface area contributed by atoms with Crippen LogP contribution in [-0.2, 0) is 6.54 Å². The molecular formula is C57H59F7N10O9. The highest BCUT2D eigenvalue weighted by atomic mass is 19.2. The number of fused-ring (bicyclic) bond motifs is 3. The third-order valence-corrected chi connectivity index (χ3v) is 15.1. The average molecular weight is 1160 g/mol. The number of hydrogen-bond donors (Lipinski definition) is 7. The molecule has 1 aliphatic carbocycles. The van der Waals surface area contributed by atoms with Gasteiger partial charge in [-0.25, -0.2) is 45.1 Å². The first-order valence-electron chi connectivity index (χ1n) is 26.7. The summed E-state index contributed by atoms with van der Waals surface area (Å²) in [6.45, 7) is 13.6. The molecule has 11 rings (SSSR count). The molecule has 26 heteroatoms. The molecule has 0 amide bonds. The minimum atomic E-state index is -1.53. The van der Waals surface area contributed by atoms with Crippen LogP contribution in [0.2, 0.25) is 0 Å². The molecule has 19 nitrogen and oxygen atoms in total. The summed E-state index contributed by atoms with van der Waals surface area (Å²) in [5.41, 5.74) is 0.563. The number of nitrogens with zero attached hydrogens (tertiary/aromatic N) is 6. The van der Waals surface area contributed by atoms with Crippen molar-refractivity contribution in [3.8, 4) is 5.69 Å². The summed E-state index contributed by atoms with van der Waals surface area (Å²) in [6, 6.07) is 6.22. The summed E-state index contributed by atoms with van der Waals surface area (Å²) >= 11 is 0. The van der Waals surface area contributed by atoms with Crippen molar-refractivity contribution >= 4 is 73.4 Å². The fourth-order valence-electron chi connectivity index (χ4n) is 11.2. The van der Waals surface area contributed by atoms with Crippen LogP contribution >= 0.6 is 0 Å². The van der Waals surface area contributed by atoms with Crippen LogP contribution in [0.25, 0.3) is 38.4 Å². The molecule has 7 aromatic rings. The number of aryl methyl sites for hydroxylation is 1. The first-order valence-corrected chi connectivity index (χ1v) is 26.7. The van der Waals surface area contributed by atoms with Crippen molar-refractivity contribution in [3.05, 3.63) is 143 Å². The smallest absolute Gasteiger partial charge is 0.341 e. The van der Waals surface area contributed by atoms with Crippen LogP contribution in [0.1, 0.15) is 84.6 Å². The molecule has 3 saturated heterocycles. The standard InChI is InChI=1S/C21H18F3N3O3.C19H22F2N4O3.C17H19F2N3O3/c1-11-9-26(5-4-25-11)19-8-18-13(7-16(19)24)20(28)14(21(29)30)10-27(18)17-3-2-12(22)6-15(17)23;1-8-5-24(6-9(2)23-8)17-13(20)15(22)12-16(14(17)21)25(10-3-4-10)7-11(18(12)26)19(27)28;1-3-21-8-11(17(24)25)16(23)10-6-12(18)15(13(19)14(10)21)22-5-4-20-9(2)7-22/h2-3,6-8,10-11,25H,4-5,9H2,1H3,(H,29,30);7-10,23H,3-6,22H2,1-2H3,(H,27,28);6,8-9,20H,3-5,7H2,1-2H3,(H,24,25)/t;8-,9+;. The van der Waals surface area contributed by atoms with E-state index in [0.29, 0.717) is 58.4 Å². The van der Waals surface area contributed by atoms with E-state index in [1.165, 1.54) is 15.2 Å². The minimum absolute atomic E-state index is 0.0134. The van der Waals surface area contributed by atoms with E-state index in [0.717, 1.165) is 60.3 Å². The average Bonchev–Trinajstić information content (AvgIpc) is 2.50. The number of rotatable bonds is 9. The fourth-order valence-corrected chi connectivity index (χ4v) is 11.2. The van der Waals surface area contributed by atoms with Crippen LogP contribution in [0.3, 0.4) is 0 Å². The molecule has 4 aliphatic rings. The van der Waals surface area contributed by atoms with Gasteiger partial charge in [-0.1, -0.05) is 0 Å². The predicted molar refractivity (Wildman–Crippen MR) is 299 cm³/mol. The van der Waals surface area contributed by atoms with Crippen molar-refractivity contribution in [1.29, 1.82) is 0 Å². The van der Waals surface area contributed by atoms with E-state index in [9.17, 15) is 56.5 Å². The number of aromatic carboxylic acids is 3. The third kappa shape index (κ3) is 11.4. The largest absolute Gasteiger partial charge is 0.477 e. The van der Waals surface area contributed by atoms with Gasteiger partial charge < -0.3 is 65.4 Å². The molecule has 4 aromatic carbocycles. The second-order valence-electron chi connectivity index (χ2n) is 21.2. The number of nitrogens with one attached hydrogen (secondary N) is 3. The Morgan fingerprint density at radius 1 is 0.590 bits per heavy atom. The fraction of sp³-hybridized carbons (Fsp3) is 0.368. The summed E-state index contributed by atoms with van der Waals surface area (Å²) in [5, 5.41) is 36.8.